The van der Waals surface area contributed by atoms with Crippen LogP contribution in [0.5, 0.6) is 5.75 Å². The Labute approximate surface area is 115 Å². The third-order valence-electron chi connectivity index (χ3n) is 3.84. The van der Waals surface area contributed by atoms with Gasteiger partial charge in [0, 0.05) is 6.04 Å². The number of halogens is 1. The van der Waals surface area contributed by atoms with Crippen LogP contribution in [0.2, 0.25) is 5.02 Å². The third kappa shape index (κ3) is 3.63. The minimum atomic E-state index is 0.432. The van der Waals surface area contributed by atoms with Gasteiger partial charge in [0.1, 0.15) is 12.4 Å². The molecular weight excluding hydrogens is 246 g/mol. The van der Waals surface area contributed by atoms with Crippen LogP contribution in [0.25, 0.3) is 0 Å². The summed E-state index contributed by atoms with van der Waals surface area (Å²) in [7, 11) is 2.02. The molecule has 3 heteroatoms. The Morgan fingerprint density at radius 3 is 2.67 bits per heavy atom. The van der Waals surface area contributed by atoms with E-state index in [1.807, 2.05) is 31.3 Å². The number of benzene rings is 1. The topological polar surface area (TPSA) is 21.3 Å². The smallest absolute Gasteiger partial charge is 0.137 e. The van der Waals surface area contributed by atoms with E-state index in [0.717, 1.165) is 11.7 Å². The van der Waals surface area contributed by atoms with Crippen LogP contribution in [-0.2, 0) is 0 Å². The van der Waals surface area contributed by atoms with Gasteiger partial charge in [-0.3, -0.25) is 0 Å². The zero-order valence-electron chi connectivity index (χ0n) is 11.0. The van der Waals surface area contributed by atoms with Crippen molar-refractivity contribution >= 4 is 11.6 Å². The number of hydrogen-bond acceptors (Lipinski definition) is 2. The zero-order valence-corrected chi connectivity index (χ0v) is 11.7. The SMILES string of the molecule is CNC(COc1ccccc1Cl)C1CCCCC1. The van der Waals surface area contributed by atoms with Crippen molar-refractivity contribution in [2.24, 2.45) is 5.92 Å². The van der Waals surface area contributed by atoms with E-state index in [-0.39, 0.29) is 0 Å². The minimum Gasteiger partial charge on any atom is -0.490 e. The van der Waals surface area contributed by atoms with Crippen LogP contribution in [0.1, 0.15) is 32.1 Å². The van der Waals surface area contributed by atoms with Crippen LogP contribution in [0, 0.1) is 5.92 Å². The molecule has 0 aliphatic heterocycles. The normalized spacial score (nSPS) is 18.6. The van der Waals surface area contributed by atoms with Crippen LogP contribution in [0.15, 0.2) is 24.3 Å². The van der Waals surface area contributed by atoms with E-state index in [9.17, 15) is 0 Å². The molecule has 1 N–H and O–H groups in total. The van der Waals surface area contributed by atoms with Gasteiger partial charge in [-0.1, -0.05) is 43.0 Å². The van der Waals surface area contributed by atoms with E-state index in [0.29, 0.717) is 17.7 Å². The molecule has 0 aromatic heterocycles. The average Bonchev–Trinajstić information content (AvgIpc) is 2.42. The van der Waals surface area contributed by atoms with Gasteiger partial charge in [0.2, 0.25) is 0 Å². The molecule has 0 amide bonds. The first-order valence-electron chi connectivity index (χ1n) is 6.86. The van der Waals surface area contributed by atoms with Gasteiger partial charge in [0.25, 0.3) is 0 Å². The quantitative estimate of drug-likeness (QED) is 0.874. The monoisotopic (exact) mass is 267 g/mol. The number of nitrogens with one attached hydrogen (secondary N) is 1. The van der Waals surface area contributed by atoms with Crippen LogP contribution < -0.4 is 10.1 Å². The van der Waals surface area contributed by atoms with Gasteiger partial charge < -0.3 is 10.1 Å². The highest BCUT2D eigenvalue weighted by Crippen LogP contribution is 2.28. The second-order valence-electron chi connectivity index (χ2n) is 5.03. The number of rotatable bonds is 5. The Kier molecular flexibility index (Phi) is 5.33. The highest BCUT2D eigenvalue weighted by Gasteiger charge is 2.22. The molecule has 1 unspecified atom stereocenters. The predicted molar refractivity (Wildman–Crippen MR) is 76.4 cm³/mol. The van der Waals surface area contributed by atoms with Crippen molar-refractivity contribution in [3.8, 4) is 5.75 Å². The van der Waals surface area contributed by atoms with Crippen molar-refractivity contribution in [1.29, 1.82) is 0 Å². The fourth-order valence-electron chi connectivity index (χ4n) is 2.73. The molecule has 1 atom stereocenters. The summed E-state index contributed by atoms with van der Waals surface area (Å²) in [6.45, 7) is 0.699. The van der Waals surface area contributed by atoms with Gasteiger partial charge >= 0.3 is 0 Å². The molecule has 1 fully saturated rings. The lowest BCUT2D eigenvalue weighted by Gasteiger charge is -2.30. The highest BCUT2D eigenvalue weighted by molar-refractivity contribution is 6.32. The summed E-state index contributed by atoms with van der Waals surface area (Å²) >= 11 is 6.09. The summed E-state index contributed by atoms with van der Waals surface area (Å²) in [6, 6.07) is 8.10. The van der Waals surface area contributed by atoms with Crippen LogP contribution in [-0.4, -0.2) is 19.7 Å². The summed E-state index contributed by atoms with van der Waals surface area (Å²) < 4.78 is 5.85. The van der Waals surface area contributed by atoms with Crippen molar-refractivity contribution < 1.29 is 4.74 Å². The molecule has 1 aromatic carbocycles. The van der Waals surface area contributed by atoms with Crippen molar-refractivity contribution in [3.63, 3.8) is 0 Å². The van der Waals surface area contributed by atoms with Crippen molar-refractivity contribution in [3.05, 3.63) is 29.3 Å². The number of hydrogen-bond donors (Lipinski definition) is 1. The van der Waals surface area contributed by atoms with Crippen molar-refractivity contribution in [2.75, 3.05) is 13.7 Å². The molecular formula is C15H22ClNO. The number of ether oxygens (including phenoxy) is 1. The van der Waals surface area contributed by atoms with Crippen LogP contribution in [0.4, 0.5) is 0 Å². The maximum absolute atomic E-state index is 6.09. The van der Waals surface area contributed by atoms with Gasteiger partial charge in [-0.2, -0.15) is 0 Å². The van der Waals surface area contributed by atoms with Crippen molar-refractivity contribution in [2.45, 2.75) is 38.1 Å². The summed E-state index contributed by atoms with van der Waals surface area (Å²) in [5.74, 6) is 1.53. The van der Waals surface area contributed by atoms with Gasteiger partial charge in [0.05, 0.1) is 5.02 Å². The van der Waals surface area contributed by atoms with E-state index < -0.39 is 0 Å². The zero-order chi connectivity index (χ0) is 12.8. The Bertz CT molecular complexity index is 363. The molecule has 1 aromatic rings. The first-order chi connectivity index (χ1) is 8.81. The Hall–Kier alpha value is -0.730. The molecule has 100 valence electrons. The standard InChI is InChI=1S/C15H22ClNO/c1-17-14(12-7-3-2-4-8-12)11-18-15-10-6-5-9-13(15)16/h5-6,9-10,12,14,17H,2-4,7-8,11H2,1H3. The molecule has 1 saturated carbocycles. The fraction of sp³-hybridized carbons (Fsp3) is 0.600. The molecule has 0 spiro atoms. The molecule has 2 nitrogen and oxygen atoms in total. The molecule has 0 heterocycles. The first-order valence-corrected chi connectivity index (χ1v) is 7.23. The maximum atomic E-state index is 6.09. The lowest BCUT2D eigenvalue weighted by molar-refractivity contribution is 0.192. The second kappa shape index (κ2) is 7.01. The molecule has 0 bridgehead atoms. The molecule has 1 aliphatic rings. The highest BCUT2D eigenvalue weighted by atomic mass is 35.5. The first kappa shape index (κ1) is 13.7. The molecule has 0 radical (unpaired) electrons. The summed E-state index contributed by atoms with van der Waals surface area (Å²) in [6.07, 6.45) is 6.73. The van der Waals surface area contributed by atoms with Gasteiger partial charge in [0.15, 0.2) is 0 Å². The molecule has 18 heavy (non-hydrogen) atoms. The Balaban J connectivity index is 1.88. The van der Waals surface area contributed by atoms with Crippen molar-refractivity contribution in [1.82, 2.24) is 5.32 Å². The summed E-state index contributed by atoms with van der Waals surface area (Å²) in [4.78, 5) is 0. The average molecular weight is 268 g/mol. The lowest BCUT2D eigenvalue weighted by atomic mass is 9.84. The van der Waals surface area contributed by atoms with Gasteiger partial charge in [-0.05, 0) is 37.9 Å². The van der Waals surface area contributed by atoms with E-state index >= 15 is 0 Å². The number of likely N-dealkylation sites (N-methyl/N-ethyl adjacent to an activating group) is 1. The minimum absolute atomic E-state index is 0.432. The number of para-hydroxylation sites is 1. The van der Waals surface area contributed by atoms with Crippen LogP contribution in [0.3, 0.4) is 0 Å². The molecule has 2 rings (SSSR count). The van der Waals surface area contributed by atoms with E-state index in [2.05, 4.69) is 5.32 Å². The van der Waals surface area contributed by atoms with E-state index in [1.54, 1.807) is 0 Å². The van der Waals surface area contributed by atoms with E-state index in [1.165, 1.54) is 32.1 Å². The third-order valence-corrected chi connectivity index (χ3v) is 4.16. The Morgan fingerprint density at radius 2 is 2.00 bits per heavy atom. The van der Waals surface area contributed by atoms with E-state index in [4.69, 9.17) is 16.3 Å². The lowest BCUT2D eigenvalue weighted by Crippen LogP contribution is -2.39. The maximum Gasteiger partial charge on any atom is 0.137 e. The van der Waals surface area contributed by atoms with Gasteiger partial charge in [-0.25, -0.2) is 0 Å². The molecule has 1 aliphatic carbocycles. The fourth-order valence-corrected chi connectivity index (χ4v) is 2.92. The molecule has 0 saturated heterocycles. The van der Waals surface area contributed by atoms with Crippen LogP contribution >= 0.6 is 11.6 Å². The summed E-state index contributed by atoms with van der Waals surface area (Å²) in [5.41, 5.74) is 0. The van der Waals surface area contributed by atoms with Gasteiger partial charge in [-0.15, -0.1) is 0 Å². The summed E-state index contributed by atoms with van der Waals surface area (Å²) in [5, 5.41) is 4.08. The Morgan fingerprint density at radius 1 is 1.28 bits per heavy atom. The predicted octanol–water partition coefficient (Wildman–Crippen LogP) is 3.89. The second-order valence-corrected chi connectivity index (χ2v) is 5.44. The largest absolute Gasteiger partial charge is 0.490 e.